The highest BCUT2D eigenvalue weighted by Gasteiger charge is 1.98. The van der Waals surface area contributed by atoms with Crippen LogP contribution in [0.4, 0.5) is 5.69 Å². The van der Waals surface area contributed by atoms with Gasteiger partial charge in [0.25, 0.3) is 0 Å². The van der Waals surface area contributed by atoms with Gasteiger partial charge in [-0.2, -0.15) is 0 Å². The lowest BCUT2D eigenvalue weighted by Gasteiger charge is -2.04. The van der Waals surface area contributed by atoms with Gasteiger partial charge in [-0.25, -0.2) is 0 Å². The molecule has 2 N–H and O–H groups in total. The molecule has 0 radical (unpaired) electrons. The Balaban J connectivity index is 0.00000120. The summed E-state index contributed by atoms with van der Waals surface area (Å²) in [5, 5.41) is 2.54. The summed E-state index contributed by atoms with van der Waals surface area (Å²) in [6.45, 7) is 0. The molecule has 0 unspecified atom stereocenters. The summed E-state index contributed by atoms with van der Waals surface area (Å²) in [5.41, 5.74) is 8.92. The maximum absolute atomic E-state index is 5.70. The number of hydrogen-bond donors (Lipinski definition) is 1. The van der Waals surface area contributed by atoms with Gasteiger partial charge in [-0.1, -0.05) is 48.5 Å². The third kappa shape index (κ3) is 2.31. The number of nitrogen functional groups attached to an aromatic ring is 1. The molecule has 0 amide bonds. The molecule has 18 heavy (non-hydrogen) atoms. The summed E-state index contributed by atoms with van der Waals surface area (Å²) in [4.78, 5) is 0. The first-order valence-corrected chi connectivity index (χ1v) is 5.68. The van der Waals surface area contributed by atoms with Gasteiger partial charge < -0.3 is 5.73 Å². The number of nitrogens with two attached hydrogens (primary N) is 1. The van der Waals surface area contributed by atoms with E-state index in [2.05, 4.69) is 54.6 Å². The summed E-state index contributed by atoms with van der Waals surface area (Å²) >= 11 is 0. The molecule has 0 aliphatic rings. The minimum atomic E-state index is 0. The molecule has 0 saturated carbocycles. The van der Waals surface area contributed by atoms with E-state index < -0.39 is 0 Å². The largest absolute Gasteiger partial charge is 0.399 e. The van der Waals surface area contributed by atoms with Gasteiger partial charge in [-0.05, 0) is 40.1 Å². The van der Waals surface area contributed by atoms with E-state index in [-0.39, 0.29) is 12.4 Å². The van der Waals surface area contributed by atoms with Crippen molar-refractivity contribution in [3.05, 3.63) is 66.7 Å². The lowest BCUT2D eigenvalue weighted by atomic mass is 10.0. The molecule has 3 aromatic rings. The third-order valence-corrected chi connectivity index (χ3v) is 2.99. The Labute approximate surface area is 113 Å². The van der Waals surface area contributed by atoms with E-state index in [0.29, 0.717) is 0 Å². The van der Waals surface area contributed by atoms with Gasteiger partial charge >= 0.3 is 0 Å². The van der Waals surface area contributed by atoms with E-state index >= 15 is 0 Å². The molecule has 0 bridgehead atoms. The van der Waals surface area contributed by atoms with Gasteiger partial charge in [0.2, 0.25) is 0 Å². The van der Waals surface area contributed by atoms with E-state index in [0.717, 1.165) is 5.69 Å². The van der Waals surface area contributed by atoms with E-state index in [1.165, 1.54) is 21.9 Å². The third-order valence-electron chi connectivity index (χ3n) is 2.99. The SMILES string of the molecule is Cl.Nc1ccc(-c2ccc3ccccc3c2)cc1. The molecule has 0 aliphatic carbocycles. The molecule has 3 aromatic carbocycles. The number of hydrogen-bond acceptors (Lipinski definition) is 1. The molecule has 0 aromatic heterocycles. The smallest absolute Gasteiger partial charge is 0.0314 e. The number of rotatable bonds is 1. The van der Waals surface area contributed by atoms with E-state index in [1.807, 2.05) is 12.1 Å². The zero-order chi connectivity index (χ0) is 11.7. The van der Waals surface area contributed by atoms with Crippen molar-refractivity contribution in [2.45, 2.75) is 0 Å². The summed E-state index contributed by atoms with van der Waals surface area (Å²) in [6.07, 6.45) is 0. The van der Waals surface area contributed by atoms with Gasteiger partial charge in [0.15, 0.2) is 0 Å². The van der Waals surface area contributed by atoms with E-state index in [1.54, 1.807) is 0 Å². The molecule has 1 nitrogen and oxygen atoms in total. The Morgan fingerprint density at radius 1 is 0.611 bits per heavy atom. The van der Waals surface area contributed by atoms with Crippen LogP contribution in [0.25, 0.3) is 21.9 Å². The average Bonchev–Trinajstić information content (AvgIpc) is 2.39. The highest BCUT2D eigenvalue weighted by molar-refractivity contribution is 5.87. The molecule has 0 heterocycles. The fraction of sp³-hybridized carbons (Fsp3) is 0. The molecule has 2 heteroatoms. The first kappa shape index (κ1) is 12.5. The van der Waals surface area contributed by atoms with Crippen molar-refractivity contribution in [3.8, 4) is 11.1 Å². The molecular formula is C16H14ClN. The number of fused-ring (bicyclic) bond motifs is 1. The minimum Gasteiger partial charge on any atom is -0.399 e. The number of halogens is 1. The average molecular weight is 256 g/mol. The first-order chi connectivity index (χ1) is 8.33. The van der Waals surface area contributed by atoms with Crippen molar-refractivity contribution in [1.82, 2.24) is 0 Å². The Morgan fingerprint density at radius 3 is 1.94 bits per heavy atom. The van der Waals surface area contributed by atoms with Gasteiger partial charge in [0, 0.05) is 5.69 Å². The van der Waals surface area contributed by atoms with Gasteiger partial charge in [0.1, 0.15) is 0 Å². The standard InChI is InChI=1S/C16H13N.ClH/c17-16-9-7-13(8-10-16)15-6-5-12-3-1-2-4-14(12)11-15;/h1-11H,17H2;1H. The van der Waals surface area contributed by atoms with Crippen LogP contribution >= 0.6 is 12.4 Å². The first-order valence-electron chi connectivity index (χ1n) is 5.68. The van der Waals surface area contributed by atoms with Crippen molar-refractivity contribution in [1.29, 1.82) is 0 Å². The fourth-order valence-electron chi connectivity index (χ4n) is 2.04. The van der Waals surface area contributed by atoms with Crippen LogP contribution in [0, 0.1) is 0 Å². The van der Waals surface area contributed by atoms with Crippen LogP contribution in [0.3, 0.4) is 0 Å². The topological polar surface area (TPSA) is 26.0 Å². The van der Waals surface area contributed by atoms with Crippen molar-refractivity contribution in [2.75, 3.05) is 5.73 Å². The second-order valence-corrected chi connectivity index (χ2v) is 4.18. The van der Waals surface area contributed by atoms with Crippen molar-refractivity contribution in [3.63, 3.8) is 0 Å². The van der Waals surface area contributed by atoms with Crippen LogP contribution in [0.1, 0.15) is 0 Å². The Morgan fingerprint density at radius 2 is 1.22 bits per heavy atom. The molecule has 0 saturated heterocycles. The maximum atomic E-state index is 5.70. The molecule has 0 spiro atoms. The summed E-state index contributed by atoms with van der Waals surface area (Å²) < 4.78 is 0. The number of benzene rings is 3. The van der Waals surface area contributed by atoms with E-state index in [9.17, 15) is 0 Å². The van der Waals surface area contributed by atoms with Crippen LogP contribution < -0.4 is 5.73 Å². The van der Waals surface area contributed by atoms with Crippen LogP contribution in [-0.2, 0) is 0 Å². The summed E-state index contributed by atoms with van der Waals surface area (Å²) in [6, 6.07) is 22.9. The molecule has 90 valence electrons. The second-order valence-electron chi connectivity index (χ2n) is 4.18. The molecule has 0 fully saturated rings. The predicted molar refractivity (Wildman–Crippen MR) is 81.0 cm³/mol. The van der Waals surface area contributed by atoms with Crippen LogP contribution in [-0.4, -0.2) is 0 Å². The lowest BCUT2D eigenvalue weighted by molar-refractivity contribution is 1.63. The normalized spacial score (nSPS) is 10.0. The second kappa shape index (κ2) is 5.11. The van der Waals surface area contributed by atoms with Gasteiger partial charge in [-0.15, -0.1) is 12.4 Å². The Hall–Kier alpha value is -1.99. The van der Waals surface area contributed by atoms with Gasteiger partial charge in [0.05, 0.1) is 0 Å². The molecular weight excluding hydrogens is 242 g/mol. The predicted octanol–water partition coefficient (Wildman–Crippen LogP) is 4.51. The maximum Gasteiger partial charge on any atom is 0.0314 e. The monoisotopic (exact) mass is 255 g/mol. The zero-order valence-electron chi connectivity index (χ0n) is 9.84. The molecule has 0 aliphatic heterocycles. The highest BCUT2D eigenvalue weighted by atomic mass is 35.5. The van der Waals surface area contributed by atoms with Crippen LogP contribution in [0.5, 0.6) is 0 Å². The van der Waals surface area contributed by atoms with Crippen molar-refractivity contribution >= 4 is 28.9 Å². The zero-order valence-corrected chi connectivity index (χ0v) is 10.7. The number of anilines is 1. The quantitative estimate of drug-likeness (QED) is 0.636. The van der Waals surface area contributed by atoms with Crippen molar-refractivity contribution < 1.29 is 0 Å². The van der Waals surface area contributed by atoms with Gasteiger partial charge in [-0.3, -0.25) is 0 Å². The Bertz CT molecular complexity index is 659. The Kier molecular flexibility index (Phi) is 3.54. The van der Waals surface area contributed by atoms with E-state index in [4.69, 9.17) is 5.73 Å². The lowest BCUT2D eigenvalue weighted by Crippen LogP contribution is -1.84. The molecule has 0 atom stereocenters. The van der Waals surface area contributed by atoms with Crippen molar-refractivity contribution in [2.24, 2.45) is 0 Å². The van der Waals surface area contributed by atoms with Crippen LogP contribution in [0.15, 0.2) is 66.7 Å². The van der Waals surface area contributed by atoms with Crippen LogP contribution in [0.2, 0.25) is 0 Å². The fourth-order valence-corrected chi connectivity index (χ4v) is 2.04. The minimum absolute atomic E-state index is 0. The summed E-state index contributed by atoms with van der Waals surface area (Å²) in [7, 11) is 0. The summed E-state index contributed by atoms with van der Waals surface area (Å²) in [5.74, 6) is 0. The molecule has 3 rings (SSSR count). The highest BCUT2D eigenvalue weighted by Crippen LogP contribution is 2.24.